The Balaban J connectivity index is 2.24. The van der Waals surface area contributed by atoms with E-state index in [-0.39, 0.29) is 22.9 Å². The molecule has 0 bridgehead atoms. The lowest BCUT2D eigenvalue weighted by Gasteiger charge is -2.11. The highest BCUT2D eigenvalue weighted by Crippen LogP contribution is 2.18. The number of aryl methyl sites for hydroxylation is 1. The molecule has 116 valence electrons. The van der Waals surface area contributed by atoms with Crippen LogP contribution in [0.2, 0.25) is 0 Å². The minimum Gasteiger partial charge on any atom is -0.478 e. The zero-order valence-corrected chi connectivity index (χ0v) is 12.2. The molecule has 0 unspecified atom stereocenters. The number of carbonyl (C=O) groups is 1. The Kier molecular flexibility index (Phi) is 3.25. The first-order valence-electron chi connectivity index (χ1n) is 6.54. The number of aromatic nitrogens is 5. The molecular weight excluding hydrogens is 302 g/mol. The van der Waals surface area contributed by atoms with Crippen LogP contribution >= 0.6 is 0 Å². The summed E-state index contributed by atoms with van der Waals surface area (Å²) in [6.45, 7) is 0. The summed E-state index contributed by atoms with van der Waals surface area (Å²) in [7, 11) is 2.87. The van der Waals surface area contributed by atoms with Crippen molar-refractivity contribution in [1.29, 1.82) is 0 Å². The molecule has 0 saturated carbocycles. The predicted molar refractivity (Wildman–Crippen MR) is 79.3 cm³/mol. The number of benzene rings is 1. The number of hydrogen-bond donors (Lipinski definition) is 1. The normalized spacial score (nSPS) is 10.9. The summed E-state index contributed by atoms with van der Waals surface area (Å²) in [4.78, 5) is 42.6. The average molecular weight is 313 g/mol. The van der Waals surface area contributed by atoms with Crippen molar-refractivity contribution < 1.29 is 9.90 Å². The van der Waals surface area contributed by atoms with Crippen LogP contribution in [0.25, 0.3) is 22.9 Å². The molecule has 1 N–H and O–H groups in total. The Morgan fingerprint density at radius 2 is 1.74 bits per heavy atom. The van der Waals surface area contributed by atoms with E-state index in [1.807, 2.05) is 0 Å². The van der Waals surface area contributed by atoms with Gasteiger partial charge in [0, 0.05) is 19.7 Å². The lowest BCUT2D eigenvalue weighted by atomic mass is 10.1. The van der Waals surface area contributed by atoms with E-state index in [2.05, 4.69) is 15.1 Å². The third-order valence-electron chi connectivity index (χ3n) is 3.37. The number of rotatable bonds is 2. The fourth-order valence-corrected chi connectivity index (χ4v) is 2.09. The quantitative estimate of drug-likeness (QED) is 0.692. The summed E-state index contributed by atoms with van der Waals surface area (Å²) in [5.41, 5.74) is -0.558. The van der Waals surface area contributed by atoms with Gasteiger partial charge in [-0.1, -0.05) is 12.1 Å². The summed E-state index contributed by atoms with van der Waals surface area (Å²) in [6, 6.07) is 5.93. The molecule has 3 rings (SSSR count). The third-order valence-corrected chi connectivity index (χ3v) is 3.37. The molecule has 0 fully saturated rings. The molecular formula is C14H11N5O4. The summed E-state index contributed by atoms with van der Waals surface area (Å²) in [6.07, 6.45) is 0. The van der Waals surface area contributed by atoms with E-state index in [1.165, 1.54) is 23.9 Å². The summed E-state index contributed by atoms with van der Waals surface area (Å²) >= 11 is 0. The Hall–Kier alpha value is -3.36. The molecule has 0 aliphatic carbocycles. The Morgan fingerprint density at radius 3 is 2.35 bits per heavy atom. The van der Waals surface area contributed by atoms with Crippen LogP contribution in [-0.2, 0) is 14.1 Å². The highest BCUT2D eigenvalue weighted by atomic mass is 16.4. The fraction of sp³-hybridized carbons (Fsp3) is 0.143. The minimum absolute atomic E-state index is 0.0157. The standard InChI is InChI=1S/C14H11N5O4/c1-18-12(20)9-11(16-14(18)23)19(2)17-10(15-9)7-3-5-8(6-4-7)13(21)22/h3-6H,1-2H3,(H,21,22). The highest BCUT2D eigenvalue weighted by molar-refractivity contribution is 5.88. The van der Waals surface area contributed by atoms with Gasteiger partial charge >= 0.3 is 11.7 Å². The second kappa shape index (κ2) is 5.13. The number of carboxylic acid groups (broad SMARTS) is 1. The maximum atomic E-state index is 12.2. The van der Waals surface area contributed by atoms with Gasteiger partial charge in [-0.2, -0.15) is 10.1 Å². The van der Waals surface area contributed by atoms with Crippen LogP contribution in [0.4, 0.5) is 0 Å². The SMILES string of the molecule is Cn1nc(-c2ccc(C(=O)O)cc2)nc2c(=O)n(C)c(=O)nc1-2. The molecule has 2 heterocycles. The maximum Gasteiger partial charge on any atom is 0.352 e. The maximum absolute atomic E-state index is 12.2. The van der Waals surface area contributed by atoms with Gasteiger partial charge < -0.3 is 5.11 Å². The molecule has 0 saturated heterocycles. The van der Waals surface area contributed by atoms with Crippen LogP contribution < -0.4 is 11.2 Å². The molecule has 0 spiro atoms. The van der Waals surface area contributed by atoms with Crippen LogP contribution in [0, 0.1) is 0 Å². The van der Waals surface area contributed by atoms with E-state index in [0.29, 0.717) is 5.56 Å². The van der Waals surface area contributed by atoms with E-state index in [9.17, 15) is 14.4 Å². The highest BCUT2D eigenvalue weighted by Gasteiger charge is 2.19. The second-order valence-electron chi connectivity index (χ2n) is 4.87. The zero-order chi connectivity index (χ0) is 16.7. The Bertz CT molecular complexity index is 1000. The second-order valence-corrected chi connectivity index (χ2v) is 4.87. The molecule has 23 heavy (non-hydrogen) atoms. The molecule has 2 aliphatic rings. The van der Waals surface area contributed by atoms with Crippen molar-refractivity contribution in [3.05, 3.63) is 50.7 Å². The van der Waals surface area contributed by atoms with E-state index in [0.717, 1.165) is 4.57 Å². The number of hydrogen-bond acceptors (Lipinski definition) is 6. The van der Waals surface area contributed by atoms with E-state index in [4.69, 9.17) is 5.11 Å². The van der Waals surface area contributed by atoms with Crippen molar-refractivity contribution in [3.8, 4) is 22.9 Å². The van der Waals surface area contributed by atoms with Crippen molar-refractivity contribution in [2.45, 2.75) is 0 Å². The molecule has 0 amide bonds. The summed E-state index contributed by atoms with van der Waals surface area (Å²) in [5, 5.41) is 13.1. The zero-order valence-electron chi connectivity index (χ0n) is 12.2. The average Bonchev–Trinajstić information content (AvgIpc) is 2.53. The van der Waals surface area contributed by atoms with Crippen molar-refractivity contribution in [1.82, 2.24) is 24.3 Å². The van der Waals surface area contributed by atoms with Crippen LogP contribution in [-0.4, -0.2) is 35.4 Å². The van der Waals surface area contributed by atoms with Crippen molar-refractivity contribution in [2.75, 3.05) is 0 Å². The van der Waals surface area contributed by atoms with Crippen molar-refractivity contribution in [3.63, 3.8) is 0 Å². The topological polar surface area (TPSA) is 120 Å². The van der Waals surface area contributed by atoms with Gasteiger partial charge in [0.05, 0.1) is 5.56 Å². The van der Waals surface area contributed by atoms with Gasteiger partial charge in [-0.05, 0) is 12.1 Å². The van der Waals surface area contributed by atoms with Gasteiger partial charge in [-0.15, -0.1) is 0 Å². The smallest absolute Gasteiger partial charge is 0.352 e. The van der Waals surface area contributed by atoms with Gasteiger partial charge in [0.1, 0.15) is 0 Å². The lowest BCUT2D eigenvalue weighted by molar-refractivity contribution is 0.0697. The first kappa shape index (κ1) is 14.6. The molecule has 0 aromatic heterocycles. The minimum atomic E-state index is -1.04. The van der Waals surface area contributed by atoms with E-state index >= 15 is 0 Å². The number of aromatic carboxylic acids is 1. The molecule has 0 radical (unpaired) electrons. The van der Waals surface area contributed by atoms with Crippen LogP contribution in [0.5, 0.6) is 0 Å². The molecule has 9 heteroatoms. The van der Waals surface area contributed by atoms with Crippen molar-refractivity contribution >= 4 is 5.97 Å². The van der Waals surface area contributed by atoms with Crippen LogP contribution in [0.3, 0.4) is 0 Å². The first-order chi connectivity index (χ1) is 10.9. The molecule has 1 aromatic carbocycles. The lowest BCUT2D eigenvalue weighted by Crippen LogP contribution is -2.36. The fourth-order valence-electron chi connectivity index (χ4n) is 2.09. The molecule has 1 aromatic rings. The first-order valence-corrected chi connectivity index (χ1v) is 6.54. The molecule has 9 nitrogen and oxygen atoms in total. The van der Waals surface area contributed by atoms with Crippen LogP contribution in [0.15, 0.2) is 33.9 Å². The van der Waals surface area contributed by atoms with Gasteiger partial charge in [-0.25, -0.2) is 19.3 Å². The predicted octanol–water partition coefficient (Wildman–Crippen LogP) is -0.261. The number of carboxylic acids is 1. The van der Waals surface area contributed by atoms with Gasteiger partial charge in [0.2, 0.25) is 0 Å². The monoisotopic (exact) mass is 313 g/mol. The summed E-state index contributed by atoms with van der Waals surface area (Å²) < 4.78 is 2.16. The van der Waals surface area contributed by atoms with E-state index < -0.39 is 17.2 Å². The van der Waals surface area contributed by atoms with Crippen molar-refractivity contribution in [2.24, 2.45) is 14.1 Å². The summed E-state index contributed by atoms with van der Waals surface area (Å²) in [5.74, 6) is -0.721. The van der Waals surface area contributed by atoms with Gasteiger partial charge in [0.15, 0.2) is 17.3 Å². The third kappa shape index (κ3) is 2.37. The van der Waals surface area contributed by atoms with Gasteiger partial charge in [0.25, 0.3) is 5.56 Å². The number of fused-ring (bicyclic) bond motifs is 1. The molecule has 0 atom stereocenters. The largest absolute Gasteiger partial charge is 0.478 e. The number of nitrogens with zero attached hydrogens (tertiary/aromatic N) is 5. The van der Waals surface area contributed by atoms with Crippen LogP contribution in [0.1, 0.15) is 10.4 Å². The Morgan fingerprint density at radius 1 is 1.09 bits per heavy atom. The Labute approximate surface area is 128 Å². The molecule has 2 aliphatic heterocycles. The van der Waals surface area contributed by atoms with Gasteiger partial charge in [-0.3, -0.25) is 9.36 Å². The van der Waals surface area contributed by atoms with E-state index in [1.54, 1.807) is 19.2 Å².